The van der Waals surface area contributed by atoms with Gasteiger partial charge in [-0.2, -0.15) is 0 Å². The molecule has 234 valence electrons. The van der Waals surface area contributed by atoms with E-state index in [0.29, 0.717) is 17.5 Å². The summed E-state index contributed by atoms with van der Waals surface area (Å²) in [7, 11) is 0. The number of halogens is 2. The lowest BCUT2D eigenvalue weighted by Crippen LogP contribution is -2.11. The zero-order valence-electron chi connectivity index (χ0n) is 27.4. The van der Waals surface area contributed by atoms with Crippen molar-refractivity contribution < 1.29 is 0 Å². The van der Waals surface area contributed by atoms with Crippen LogP contribution in [0.25, 0.3) is 61.7 Å². The van der Waals surface area contributed by atoms with E-state index in [0.717, 1.165) is 42.4 Å². The molecule has 0 N–H and O–H groups in total. The summed E-state index contributed by atoms with van der Waals surface area (Å²) in [5.74, 6) is 1.94. The molecule has 0 radical (unpaired) electrons. The van der Waals surface area contributed by atoms with Crippen LogP contribution in [0.3, 0.4) is 0 Å². The number of aromatic nitrogens is 4. The number of benzene rings is 5. The van der Waals surface area contributed by atoms with Gasteiger partial charge in [-0.25, -0.2) is 15.0 Å². The molecule has 5 aromatic carbocycles. The van der Waals surface area contributed by atoms with E-state index in [1.54, 1.807) is 0 Å². The summed E-state index contributed by atoms with van der Waals surface area (Å²) in [5, 5.41) is 2.46. The van der Waals surface area contributed by atoms with Crippen molar-refractivity contribution in [1.82, 2.24) is 19.5 Å². The van der Waals surface area contributed by atoms with Crippen LogP contribution in [0.5, 0.6) is 0 Å². The second kappa shape index (κ2) is 11.8. The van der Waals surface area contributed by atoms with Crippen molar-refractivity contribution in [3.63, 3.8) is 0 Å². The van der Waals surface area contributed by atoms with Gasteiger partial charge in [0.15, 0.2) is 17.5 Å². The minimum absolute atomic E-state index is 0.00734. The highest BCUT2D eigenvalue weighted by atomic mass is 79.9. The van der Waals surface area contributed by atoms with Gasteiger partial charge in [0, 0.05) is 42.1 Å². The Hall–Kier alpha value is -4.13. The topological polar surface area (TPSA) is 43.6 Å². The Morgan fingerprint density at radius 2 is 0.830 bits per heavy atom. The number of hydrogen-bond donors (Lipinski definition) is 0. The Morgan fingerprint density at radius 1 is 0.468 bits per heavy atom. The molecule has 0 aliphatic carbocycles. The Kier molecular flexibility index (Phi) is 7.92. The van der Waals surface area contributed by atoms with Crippen LogP contribution in [-0.4, -0.2) is 19.5 Å². The highest BCUT2D eigenvalue weighted by Crippen LogP contribution is 2.43. The van der Waals surface area contributed by atoms with E-state index in [4.69, 9.17) is 15.0 Å². The van der Waals surface area contributed by atoms with E-state index in [9.17, 15) is 0 Å². The molecule has 0 saturated heterocycles. The van der Waals surface area contributed by atoms with Crippen LogP contribution in [0.4, 0.5) is 0 Å². The van der Waals surface area contributed by atoms with E-state index < -0.39 is 0 Å². The van der Waals surface area contributed by atoms with Gasteiger partial charge in [0.05, 0.1) is 11.0 Å². The van der Waals surface area contributed by atoms with E-state index >= 15 is 0 Å². The normalized spacial score (nSPS) is 12.3. The molecule has 7 rings (SSSR count). The maximum Gasteiger partial charge on any atom is 0.164 e. The summed E-state index contributed by atoms with van der Waals surface area (Å²) in [6.45, 7) is 13.6. The van der Waals surface area contributed by atoms with Gasteiger partial charge in [0.1, 0.15) is 0 Å². The molecule has 2 aromatic heterocycles. The number of fused-ring (bicyclic) bond motifs is 3. The van der Waals surface area contributed by atoms with Gasteiger partial charge in [0.25, 0.3) is 0 Å². The van der Waals surface area contributed by atoms with E-state index in [1.165, 1.54) is 21.9 Å². The summed E-state index contributed by atoms with van der Waals surface area (Å²) in [4.78, 5) is 14.7. The van der Waals surface area contributed by atoms with E-state index in [1.807, 2.05) is 60.7 Å². The average Bonchev–Trinajstić information content (AvgIpc) is 3.40. The second-order valence-electron chi connectivity index (χ2n) is 14.1. The summed E-state index contributed by atoms with van der Waals surface area (Å²) in [5.41, 5.74) is 8.78. The minimum Gasteiger partial charge on any atom is -0.307 e. The van der Waals surface area contributed by atoms with Crippen LogP contribution in [0.1, 0.15) is 52.7 Å². The van der Waals surface area contributed by atoms with Gasteiger partial charge in [-0.15, -0.1) is 0 Å². The molecule has 47 heavy (non-hydrogen) atoms. The fourth-order valence-electron chi connectivity index (χ4n) is 6.00. The quantitative estimate of drug-likeness (QED) is 0.180. The van der Waals surface area contributed by atoms with Gasteiger partial charge in [0.2, 0.25) is 0 Å². The molecule has 2 heterocycles. The first-order valence-electron chi connectivity index (χ1n) is 15.8. The first-order chi connectivity index (χ1) is 22.4. The second-order valence-corrected chi connectivity index (χ2v) is 15.8. The minimum atomic E-state index is 0.00734. The number of hydrogen-bond acceptors (Lipinski definition) is 3. The largest absolute Gasteiger partial charge is 0.307 e. The fraction of sp³-hybridized carbons (Fsp3) is 0.195. The van der Waals surface area contributed by atoms with Gasteiger partial charge in [-0.05, 0) is 102 Å². The van der Waals surface area contributed by atoms with Crippen molar-refractivity contribution in [2.75, 3.05) is 0 Å². The monoisotopic (exact) mass is 742 g/mol. The van der Waals surface area contributed by atoms with Gasteiger partial charge in [-0.3, -0.25) is 0 Å². The fourth-order valence-corrected chi connectivity index (χ4v) is 7.27. The predicted octanol–water partition coefficient (Wildman–Crippen LogP) is 12.1. The Bertz CT molecular complexity index is 2120. The highest BCUT2D eigenvalue weighted by molar-refractivity contribution is 9.11. The molecule has 0 unspecified atom stereocenters. The van der Waals surface area contributed by atoms with Crippen molar-refractivity contribution in [1.29, 1.82) is 0 Å². The first kappa shape index (κ1) is 31.5. The van der Waals surface area contributed by atoms with E-state index in [-0.39, 0.29) is 10.8 Å². The van der Waals surface area contributed by atoms with Crippen LogP contribution >= 0.6 is 31.9 Å². The third-order valence-electron chi connectivity index (χ3n) is 8.68. The lowest BCUT2D eigenvalue weighted by molar-refractivity contribution is 0.590. The molecule has 0 saturated carbocycles. The van der Waals surface area contributed by atoms with Crippen LogP contribution in [0.2, 0.25) is 0 Å². The van der Waals surface area contributed by atoms with Crippen LogP contribution in [0.15, 0.2) is 118 Å². The summed E-state index contributed by atoms with van der Waals surface area (Å²) in [6, 6.07) is 38.0. The van der Waals surface area contributed by atoms with Gasteiger partial charge in [-0.1, -0.05) is 102 Å². The van der Waals surface area contributed by atoms with Crippen molar-refractivity contribution >= 4 is 53.7 Å². The smallest absolute Gasteiger partial charge is 0.164 e. The summed E-state index contributed by atoms with van der Waals surface area (Å²) in [6.07, 6.45) is 0. The molecule has 0 fully saturated rings. The molecule has 0 atom stereocenters. The molecular formula is C41H36Br2N4. The van der Waals surface area contributed by atoms with Crippen LogP contribution < -0.4 is 0 Å². The Morgan fingerprint density at radius 3 is 1.19 bits per heavy atom. The van der Waals surface area contributed by atoms with Gasteiger partial charge < -0.3 is 4.57 Å². The lowest BCUT2D eigenvalue weighted by Gasteiger charge is -2.20. The van der Waals surface area contributed by atoms with Gasteiger partial charge >= 0.3 is 0 Å². The molecule has 0 aliphatic rings. The molecule has 7 aromatic rings. The average molecular weight is 745 g/mol. The SMILES string of the molecule is CC(C)(C)c1cc(Br)c2c(c1)c1cc(C(C)(C)C)cc(Br)c1n2-c1ccc(-c2nc(-c3ccccc3)nc(-c3ccccc3)n2)cc1. The summed E-state index contributed by atoms with van der Waals surface area (Å²) < 4.78 is 4.50. The summed E-state index contributed by atoms with van der Waals surface area (Å²) >= 11 is 7.99. The molecule has 0 bridgehead atoms. The van der Waals surface area contributed by atoms with Crippen molar-refractivity contribution in [2.24, 2.45) is 0 Å². The lowest BCUT2D eigenvalue weighted by atomic mass is 9.85. The van der Waals surface area contributed by atoms with Crippen molar-refractivity contribution in [3.05, 3.63) is 129 Å². The number of rotatable bonds is 4. The standard InChI is InChI=1S/C41H36Br2N4/c1-40(2,3)28-21-31-32-22-29(41(4,5)6)24-34(43)36(32)47(35(31)33(42)23-28)30-19-17-27(18-20-30)39-45-37(25-13-9-7-10-14-25)44-38(46-39)26-15-11-8-12-16-26/h7-24H,1-6H3. The molecule has 0 spiro atoms. The Balaban J connectivity index is 1.42. The number of nitrogens with zero attached hydrogens (tertiary/aromatic N) is 4. The zero-order valence-corrected chi connectivity index (χ0v) is 30.6. The van der Waals surface area contributed by atoms with Crippen molar-refractivity contribution in [2.45, 2.75) is 52.4 Å². The molecule has 0 aliphatic heterocycles. The molecule has 4 nitrogen and oxygen atoms in total. The molecular weight excluding hydrogens is 708 g/mol. The molecule has 0 amide bonds. The third kappa shape index (κ3) is 5.94. The maximum atomic E-state index is 4.94. The Labute approximate surface area is 293 Å². The maximum absolute atomic E-state index is 4.94. The van der Waals surface area contributed by atoms with Crippen LogP contribution in [-0.2, 0) is 10.8 Å². The van der Waals surface area contributed by atoms with Crippen LogP contribution in [0, 0.1) is 0 Å². The first-order valence-corrected chi connectivity index (χ1v) is 17.4. The van der Waals surface area contributed by atoms with E-state index in [2.05, 4.69) is 127 Å². The third-order valence-corrected chi connectivity index (χ3v) is 9.89. The highest BCUT2D eigenvalue weighted by Gasteiger charge is 2.24. The zero-order chi connectivity index (χ0) is 33.1. The predicted molar refractivity (Wildman–Crippen MR) is 203 cm³/mol. The molecule has 6 heteroatoms. The van der Waals surface area contributed by atoms with Crippen molar-refractivity contribution in [3.8, 4) is 39.9 Å².